The van der Waals surface area contributed by atoms with Crippen molar-refractivity contribution in [2.45, 2.75) is 32.5 Å². The first-order valence-corrected chi connectivity index (χ1v) is 8.54. The number of aryl methyl sites for hydroxylation is 1. The maximum Gasteiger partial charge on any atom is 0.207 e. The summed E-state index contributed by atoms with van der Waals surface area (Å²) in [5.41, 5.74) is 3.21. The van der Waals surface area contributed by atoms with Crippen LogP contribution in [0.2, 0.25) is 0 Å². The molecule has 0 aliphatic carbocycles. The van der Waals surface area contributed by atoms with E-state index in [-0.39, 0.29) is 6.10 Å². The molecule has 4 rings (SSSR count). The lowest BCUT2D eigenvalue weighted by Crippen LogP contribution is -3.13. The van der Waals surface area contributed by atoms with Gasteiger partial charge in [0, 0.05) is 5.39 Å². The fourth-order valence-corrected chi connectivity index (χ4v) is 3.90. The molecule has 3 heterocycles. The Morgan fingerprint density at radius 1 is 1.39 bits per heavy atom. The Morgan fingerprint density at radius 3 is 3.04 bits per heavy atom. The topological polar surface area (TPSA) is 46.9 Å². The highest BCUT2D eigenvalue weighted by atomic mass is 32.1. The van der Waals surface area contributed by atoms with Gasteiger partial charge in [0.05, 0.1) is 12.1 Å². The van der Waals surface area contributed by atoms with Crippen LogP contribution >= 0.6 is 12.2 Å². The van der Waals surface area contributed by atoms with Gasteiger partial charge in [-0.25, -0.2) is 0 Å². The number of likely N-dealkylation sites (tertiary alicyclic amines) is 1. The Hall–Kier alpha value is -1.76. The molecule has 2 N–H and O–H groups in total. The largest absolute Gasteiger partial charge is 0.387 e. The van der Waals surface area contributed by atoms with Gasteiger partial charge in [-0.3, -0.25) is 4.40 Å². The van der Waals surface area contributed by atoms with Gasteiger partial charge in [-0.15, -0.1) is 5.10 Å². The van der Waals surface area contributed by atoms with Gasteiger partial charge < -0.3 is 10.0 Å². The molecule has 1 aromatic carbocycles. The molecular formula is C17H21N4OS+. The van der Waals surface area contributed by atoms with Gasteiger partial charge in [-0.1, -0.05) is 18.2 Å². The molecule has 0 saturated carbocycles. The van der Waals surface area contributed by atoms with E-state index in [0.29, 0.717) is 6.67 Å². The van der Waals surface area contributed by atoms with E-state index in [0.717, 1.165) is 41.9 Å². The molecule has 3 aromatic rings. The lowest BCUT2D eigenvalue weighted by atomic mass is 10.1. The van der Waals surface area contributed by atoms with E-state index in [4.69, 9.17) is 17.3 Å². The number of hydrogen-bond acceptors (Lipinski definition) is 3. The maximum absolute atomic E-state index is 9.86. The van der Waals surface area contributed by atoms with E-state index >= 15 is 0 Å². The lowest BCUT2D eigenvalue weighted by Gasteiger charge is -2.26. The highest BCUT2D eigenvalue weighted by Gasteiger charge is 2.22. The Bertz CT molecular complexity index is 929. The summed E-state index contributed by atoms with van der Waals surface area (Å²) in [6.07, 6.45) is 1.76. The summed E-state index contributed by atoms with van der Waals surface area (Å²) in [7, 11) is 0. The molecule has 23 heavy (non-hydrogen) atoms. The fraction of sp³-hybridized carbons (Fsp3) is 0.412. The summed E-state index contributed by atoms with van der Waals surface area (Å²) in [5.74, 6) is 0. The molecule has 0 spiro atoms. The van der Waals surface area contributed by atoms with E-state index < -0.39 is 0 Å². The number of aromatic nitrogens is 3. The van der Waals surface area contributed by atoms with Crippen LogP contribution in [-0.2, 0) is 6.67 Å². The van der Waals surface area contributed by atoms with Gasteiger partial charge in [0.1, 0.15) is 12.6 Å². The molecule has 1 unspecified atom stereocenters. The summed E-state index contributed by atoms with van der Waals surface area (Å²) in [6.45, 7) is 4.66. The fourth-order valence-electron chi connectivity index (χ4n) is 3.60. The van der Waals surface area contributed by atoms with Crippen LogP contribution in [0.4, 0.5) is 0 Å². The number of rotatable bonds is 2. The minimum Gasteiger partial charge on any atom is -0.387 e. The summed E-state index contributed by atoms with van der Waals surface area (Å²) >= 11 is 5.68. The molecule has 0 radical (unpaired) electrons. The number of nitrogens with one attached hydrogen (secondary N) is 1. The van der Waals surface area contributed by atoms with E-state index in [1.807, 2.05) is 10.7 Å². The molecule has 1 saturated heterocycles. The number of hydrogen-bond donors (Lipinski definition) is 2. The summed E-state index contributed by atoms with van der Waals surface area (Å²) in [5, 5.41) is 15.8. The van der Waals surface area contributed by atoms with Gasteiger partial charge in [-0.05, 0) is 49.7 Å². The second-order valence-electron chi connectivity index (χ2n) is 6.48. The third kappa shape index (κ3) is 2.56. The van der Waals surface area contributed by atoms with Crippen molar-refractivity contribution in [1.29, 1.82) is 0 Å². The minimum absolute atomic E-state index is 0.201. The van der Waals surface area contributed by atoms with Crippen LogP contribution in [0.5, 0.6) is 0 Å². The van der Waals surface area contributed by atoms with Crippen molar-refractivity contribution in [3.63, 3.8) is 0 Å². The number of aliphatic hydroxyl groups is 1. The average molecular weight is 329 g/mol. The first-order valence-electron chi connectivity index (χ1n) is 8.13. The van der Waals surface area contributed by atoms with Crippen molar-refractivity contribution in [2.75, 3.05) is 13.1 Å². The van der Waals surface area contributed by atoms with Crippen LogP contribution < -0.4 is 4.90 Å². The second kappa shape index (κ2) is 5.70. The van der Waals surface area contributed by atoms with Gasteiger partial charge in [0.25, 0.3) is 0 Å². The van der Waals surface area contributed by atoms with Gasteiger partial charge in [0.15, 0.2) is 12.3 Å². The van der Waals surface area contributed by atoms with Crippen molar-refractivity contribution < 1.29 is 10.0 Å². The zero-order valence-corrected chi connectivity index (χ0v) is 14.0. The summed E-state index contributed by atoms with van der Waals surface area (Å²) in [4.78, 5) is 1.34. The molecule has 1 fully saturated rings. The number of quaternary nitrogens is 1. The Balaban J connectivity index is 1.81. The molecule has 2 atom stereocenters. The molecule has 6 heteroatoms. The van der Waals surface area contributed by atoms with Crippen LogP contribution in [0.3, 0.4) is 0 Å². The number of pyridine rings is 1. The third-order valence-electron chi connectivity index (χ3n) is 4.75. The minimum atomic E-state index is -0.201. The van der Waals surface area contributed by atoms with Crippen molar-refractivity contribution in [3.8, 4) is 0 Å². The van der Waals surface area contributed by atoms with Gasteiger partial charge >= 0.3 is 0 Å². The third-order valence-corrected chi connectivity index (χ3v) is 5.14. The smallest absolute Gasteiger partial charge is 0.207 e. The van der Waals surface area contributed by atoms with Gasteiger partial charge in [-0.2, -0.15) is 4.68 Å². The average Bonchev–Trinajstić information content (AvgIpc) is 2.84. The van der Waals surface area contributed by atoms with E-state index in [1.54, 1.807) is 0 Å². The van der Waals surface area contributed by atoms with Crippen LogP contribution in [0.1, 0.15) is 18.4 Å². The van der Waals surface area contributed by atoms with Crippen LogP contribution in [0, 0.1) is 11.7 Å². The van der Waals surface area contributed by atoms with Crippen LogP contribution in [-0.4, -0.2) is 38.5 Å². The molecule has 0 bridgehead atoms. The van der Waals surface area contributed by atoms with Crippen LogP contribution in [0.15, 0.2) is 30.3 Å². The molecular weight excluding hydrogens is 308 g/mol. The van der Waals surface area contributed by atoms with Crippen molar-refractivity contribution >= 4 is 28.8 Å². The van der Waals surface area contributed by atoms with E-state index in [9.17, 15) is 5.11 Å². The normalized spacial score (nSPS) is 22.0. The number of piperidine rings is 1. The Morgan fingerprint density at radius 2 is 2.22 bits per heavy atom. The first kappa shape index (κ1) is 14.8. The SMILES string of the molecule is Cc1cc2nn(C[NH+]3CCC[C@H](O)C3)c(=S)n2c2ccccc12. The van der Waals surface area contributed by atoms with Crippen molar-refractivity contribution in [1.82, 2.24) is 14.2 Å². The van der Waals surface area contributed by atoms with E-state index in [1.165, 1.54) is 15.8 Å². The van der Waals surface area contributed by atoms with E-state index in [2.05, 4.69) is 35.6 Å². The van der Waals surface area contributed by atoms with Crippen molar-refractivity contribution in [3.05, 3.63) is 40.7 Å². The number of aliphatic hydroxyl groups excluding tert-OH is 1. The zero-order valence-electron chi connectivity index (χ0n) is 13.2. The van der Waals surface area contributed by atoms with Crippen LogP contribution in [0.25, 0.3) is 16.6 Å². The molecule has 120 valence electrons. The predicted molar refractivity (Wildman–Crippen MR) is 92.2 cm³/mol. The molecule has 1 aliphatic heterocycles. The highest BCUT2D eigenvalue weighted by molar-refractivity contribution is 7.71. The highest BCUT2D eigenvalue weighted by Crippen LogP contribution is 2.21. The zero-order chi connectivity index (χ0) is 16.0. The lowest BCUT2D eigenvalue weighted by molar-refractivity contribution is -0.931. The standard InChI is InChI=1S/C17H20N4OS/c1-12-9-16-18-20(11-19-8-4-5-13(22)10-19)17(23)21(16)15-7-3-2-6-14(12)15/h2-3,6-7,9,13,22H,4-5,8,10-11H2,1H3/p+1/t13-/m0/s1. The molecule has 2 aromatic heterocycles. The number of benzene rings is 1. The molecule has 1 aliphatic rings. The monoisotopic (exact) mass is 329 g/mol. The predicted octanol–water partition coefficient (Wildman–Crippen LogP) is 1.32. The first-order chi connectivity index (χ1) is 11.1. The number of para-hydroxylation sites is 1. The summed E-state index contributed by atoms with van der Waals surface area (Å²) < 4.78 is 4.69. The number of nitrogens with zero attached hydrogens (tertiary/aromatic N) is 3. The maximum atomic E-state index is 9.86. The van der Waals surface area contributed by atoms with Gasteiger partial charge in [0.2, 0.25) is 4.77 Å². The Labute approximate surface area is 139 Å². The second-order valence-corrected chi connectivity index (χ2v) is 6.84. The Kier molecular flexibility index (Phi) is 3.67. The molecule has 5 nitrogen and oxygen atoms in total. The van der Waals surface area contributed by atoms with Crippen molar-refractivity contribution in [2.24, 2.45) is 0 Å². The molecule has 0 amide bonds. The quantitative estimate of drug-likeness (QED) is 0.697. The number of fused-ring (bicyclic) bond motifs is 3. The summed E-state index contributed by atoms with van der Waals surface area (Å²) in [6, 6.07) is 10.4.